The van der Waals surface area contributed by atoms with Crippen LogP contribution in [0.2, 0.25) is 0 Å². The predicted molar refractivity (Wildman–Crippen MR) is 61.4 cm³/mol. The van der Waals surface area contributed by atoms with Crippen LogP contribution in [-0.2, 0) is 14.3 Å². The van der Waals surface area contributed by atoms with Crippen molar-refractivity contribution in [3.8, 4) is 11.8 Å². The second-order valence-corrected chi connectivity index (χ2v) is 3.47. The molecule has 0 spiro atoms. The first-order valence-electron chi connectivity index (χ1n) is 5.14. The van der Waals surface area contributed by atoms with E-state index < -0.39 is 24.6 Å². The Hall–Kier alpha value is -2.55. The summed E-state index contributed by atoms with van der Waals surface area (Å²) in [6.45, 7) is 1.02. The predicted octanol–water partition coefficient (Wildman–Crippen LogP) is 0.354. The molecule has 1 amide bonds. The molecule has 0 aromatic heterocycles. The fourth-order valence-corrected chi connectivity index (χ4v) is 1.12. The molecule has 94 valence electrons. The SMILES string of the molecule is C[C@@H](Oc1ccc(C#N)cc1)C(=O)OCC(N)=O. The minimum absolute atomic E-state index is 0.428. The van der Waals surface area contributed by atoms with Gasteiger partial charge in [0, 0.05) is 0 Å². The second kappa shape index (κ2) is 6.25. The number of rotatable bonds is 5. The van der Waals surface area contributed by atoms with Crippen LogP contribution in [0.3, 0.4) is 0 Å². The summed E-state index contributed by atoms with van der Waals surface area (Å²) in [6.07, 6.45) is -0.864. The topological polar surface area (TPSA) is 102 Å². The van der Waals surface area contributed by atoms with Crippen molar-refractivity contribution in [1.82, 2.24) is 0 Å². The van der Waals surface area contributed by atoms with Crippen LogP contribution in [0.25, 0.3) is 0 Å². The maximum Gasteiger partial charge on any atom is 0.347 e. The zero-order chi connectivity index (χ0) is 13.5. The number of hydrogen-bond acceptors (Lipinski definition) is 5. The van der Waals surface area contributed by atoms with Gasteiger partial charge in [0.2, 0.25) is 0 Å². The van der Waals surface area contributed by atoms with Gasteiger partial charge in [0.1, 0.15) is 5.75 Å². The number of nitrogens with zero attached hydrogens (tertiary/aromatic N) is 1. The molecule has 0 radical (unpaired) electrons. The number of carbonyl (C=O) groups excluding carboxylic acids is 2. The van der Waals surface area contributed by atoms with Crippen molar-refractivity contribution in [2.24, 2.45) is 5.73 Å². The highest BCUT2D eigenvalue weighted by Crippen LogP contribution is 2.13. The van der Waals surface area contributed by atoms with Gasteiger partial charge in [0.05, 0.1) is 11.6 Å². The smallest absolute Gasteiger partial charge is 0.347 e. The molecule has 0 unspecified atom stereocenters. The number of ether oxygens (including phenoxy) is 2. The number of esters is 1. The van der Waals surface area contributed by atoms with E-state index in [1.807, 2.05) is 6.07 Å². The summed E-state index contributed by atoms with van der Waals surface area (Å²) < 4.78 is 9.86. The zero-order valence-corrected chi connectivity index (χ0v) is 9.75. The van der Waals surface area contributed by atoms with Crippen LogP contribution in [0.5, 0.6) is 5.75 Å². The molecule has 0 heterocycles. The van der Waals surface area contributed by atoms with E-state index in [1.54, 1.807) is 24.3 Å². The van der Waals surface area contributed by atoms with Crippen LogP contribution in [0.1, 0.15) is 12.5 Å². The molecule has 18 heavy (non-hydrogen) atoms. The molecule has 0 bridgehead atoms. The zero-order valence-electron chi connectivity index (χ0n) is 9.75. The monoisotopic (exact) mass is 248 g/mol. The van der Waals surface area contributed by atoms with Crippen molar-refractivity contribution in [3.05, 3.63) is 29.8 Å². The molecule has 0 aliphatic rings. The lowest BCUT2D eigenvalue weighted by Crippen LogP contribution is -2.29. The van der Waals surface area contributed by atoms with E-state index >= 15 is 0 Å². The van der Waals surface area contributed by atoms with E-state index in [0.717, 1.165) is 0 Å². The average Bonchev–Trinajstić information content (AvgIpc) is 2.36. The van der Waals surface area contributed by atoms with E-state index in [1.165, 1.54) is 6.92 Å². The Kier molecular flexibility index (Phi) is 4.69. The first kappa shape index (κ1) is 13.5. The van der Waals surface area contributed by atoms with E-state index in [-0.39, 0.29) is 0 Å². The van der Waals surface area contributed by atoms with Gasteiger partial charge < -0.3 is 15.2 Å². The van der Waals surface area contributed by atoms with E-state index in [9.17, 15) is 9.59 Å². The summed E-state index contributed by atoms with van der Waals surface area (Å²) in [5.41, 5.74) is 5.33. The van der Waals surface area contributed by atoms with Crippen molar-refractivity contribution in [1.29, 1.82) is 5.26 Å². The van der Waals surface area contributed by atoms with Gasteiger partial charge in [-0.05, 0) is 31.2 Å². The number of nitrogens with two attached hydrogens (primary N) is 1. The quantitative estimate of drug-likeness (QED) is 0.757. The van der Waals surface area contributed by atoms with Crippen molar-refractivity contribution < 1.29 is 19.1 Å². The Morgan fingerprint density at radius 2 is 2.00 bits per heavy atom. The van der Waals surface area contributed by atoms with Crippen LogP contribution >= 0.6 is 0 Å². The van der Waals surface area contributed by atoms with Crippen molar-refractivity contribution in [3.63, 3.8) is 0 Å². The average molecular weight is 248 g/mol. The van der Waals surface area contributed by atoms with Gasteiger partial charge in [0.25, 0.3) is 5.91 Å². The normalized spacial score (nSPS) is 11.1. The molecule has 0 saturated heterocycles. The lowest BCUT2D eigenvalue weighted by atomic mass is 10.2. The lowest BCUT2D eigenvalue weighted by molar-refractivity contribution is -0.154. The third-order valence-corrected chi connectivity index (χ3v) is 1.98. The highest BCUT2D eigenvalue weighted by molar-refractivity contribution is 5.80. The fourth-order valence-electron chi connectivity index (χ4n) is 1.12. The molecule has 6 heteroatoms. The van der Waals surface area contributed by atoms with Gasteiger partial charge >= 0.3 is 5.97 Å². The van der Waals surface area contributed by atoms with E-state index in [2.05, 4.69) is 4.74 Å². The molecular weight excluding hydrogens is 236 g/mol. The highest BCUT2D eigenvalue weighted by Gasteiger charge is 2.16. The molecule has 0 aliphatic carbocycles. The molecule has 1 aromatic carbocycles. The Balaban J connectivity index is 2.53. The summed E-state index contributed by atoms with van der Waals surface area (Å²) in [7, 11) is 0. The maximum atomic E-state index is 11.4. The summed E-state index contributed by atoms with van der Waals surface area (Å²) in [6, 6.07) is 8.23. The van der Waals surface area contributed by atoms with Crippen LogP contribution < -0.4 is 10.5 Å². The first-order valence-corrected chi connectivity index (χ1v) is 5.14. The molecule has 1 atom stereocenters. The van der Waals surface area contributed by atoms with Gasteiger partial charge in [-0.15, -0.1) is 0 Å². The summed E-state index contributed by atoms with van der Waals surface area (Å²) in [5.74, 6) is -0.982. The number of carbonyl (C=O) groups is 2. The Morgan fingerprint density at radius 1 is 1.39 bits per heavy atom. The Morgan fingerprint density at radius 3 is 2.50 bits per heavy atom. The molecule has 0 saturated carbocycles. The molecule has 0 fully saturated rings. The van der Waals surface area contributed by atoms with Crippen LogP contribution in [0.4, 0.5) is 0 Å². The van der Waals surface area contributed by atoms with Crippen molar-refractivity contribution in [2.75, 3.05) is 6.61 Å². The number of nitriles is 1. The van der Waals surface area contributed by atoms with Crippen LogP contribution in [0.15, 0.2) is 24.3 Å². The second-order valence-electron chi connectivity index (χ2n) is 3.47. The third kappa shape index (κ3) is 4.14. The van der Waals surface area contributed by atoms with Gasteiger partial charge in [-0.1, -0.05) is 0 Å². The lowest BCUT2D eigenvalue weighted by Gasteiger charge is -2.13. The third-order valence-electron chi connectivity index (χ3n) is 1.98. The van der Waals surface area contributed by atoms with Crippen LogP contribution in [0, 0.1) is 11.3 Å². The summed E-state index contributed by atoms with van der Waals surface area (Å²) in [4.78, 5) is 21.8. The van der Waals surface area contributed by atoms with E-state index in [4.69, 9.17) is 15.7 Å². The molecule has 6 nitrogen and oxygen atoms in total. The molecule has 1 rings (SSSR count). The highest BCUT2D eigenvalue weighted by atomic mass is 16.6. The minimum atomic E-state index is -0.864. The van der Waals surface area contributed by atoms with Gasteiger partial charge in [0.15, 0.2) is 12.7 Å². The maximum absolute atomic E-state index is 11.4. The fraction of sp³-hybridized carbons (Fsp3) is 0.250. The van der Waals surface area contributed by atoms with Gasteiger partial charge in [-0.2, -0.15) is 5.26 Å². The number of amides is 1. The van der Waals surface area contributed by atoms with Gasteiger partial charge in [-0.3, -0.25) is 4.79 Å². The van der Waals surface area contributed by atoms with Crippen molar-refractivity contribution in [2.45, 2.75) is 13.0 Å². The van der Waals surface area contributed by atoms with E-state index in [0.29, 0.717) is 11.3 Å². The van der Waals surface area contributed by atoms with Crippen LogP contribution in [-0.4, -0.2) is 24.6 Å². The summed E-state index contributed by atoms with van der Waals surface area (Å²) >= 11 is 0. The molecule has 1 aromatic rings. The molecule has 0 aliphatic heterocycles. The summed E-state index contributed by atoms with van der Waals surface area (Å²) in [5, 5.41) is 8.61. The van der Waals surface area contributed by atoms with Crippen molar-refractivity contribution >= 4 is 11.9 Å². The Labute approximate surface area is 104 Å². The molecular formula is C12H12N2O4. The number of hydrogen-bond donors (Lipinski definition) is 1. The number of benzene rings is 1. The Bertz CT molecular complexity index is 476. The largest absolute Gasteiger partial charge is 0.479 e. The molecule has 2 N–H and O–H groups in total. The minimum Gasteiger partial charge on any atom is -0.479 e. The van der Waals surface area contributed by atoms with Gasteiger partial charge in [-0.25, -0.2) is 4.79 Å². The number of primary amides is 1. The standard InChI is InChI=1S/C12H12N2O4/c1-8(12(16)17-7-11(14)15)18-10-4-2-9(6-13)3-5-10/h2-5,8H,7H2,1H3,(H2,14,15)/t8-/m1/s1. The first-order chi connectivity index (χ1) is 8.52.